The molecule has 0 aliphatic carbocycles. The van der Waals surface area contributed by atoms with Crippen LogP contribution >= 0.6 is 11.6 Å². The van der Waals surface area contributed by atoms with Gasteiger partial charge >= 0.3 is 6.36 Å². The number of pyridine rings is 1. The van der Waals surface area contributed by atoms with Crippen molar-refractivity contribution in [3.05, 3.63) is 53.6 Å². The van der Waals surface area contributed by atoms with E-state index in [-0.39, 0.29) is 5.75 Å². The van der Waals surface area contributed by atoms with Crippen LogP contribution in [0, 0.1) is 0 Å². The summed E-state index contributed by atoms with van der Waals surface area (Å²) < 4.78 is 42.8. The quantitative estimate of drug-likeness (QED) is 0.449. The first-order valence-corrected chi connectivity index (χ1v) is 8.45. The normalized spacial score (nSPS) is 11.3. The number of rotatable bonds is 2. The Morgan fingerprint density at radius 2 is 1.81 bits per heavy atom. The third-order valence-electron chi connectivity index (χ3n) is 3.61. The standard InChI is InChI=1S/C16H8ClF3N4O.C2H6/c17-11-5-4-10-7-13(15-21-22-23-24(15)14(10)8-11)9-2-1-3-12(6-9)25-16(18,19)20;1-2/h1-8H;1-2H3. The van der Waals surface area contributed by atoms with Crippen LogP contribution in [0.15, 0.2) is 48.5 Å². The number of aromatic nitrogens is 4. The van der Waals surface area contributed by atoms with Crippen molar-refractivity contribution in [3.63, 3.8) is 0 Å². The van der Waals surface area contributed by atoms with E-state index >= 15 is 0 Å². The summed E-state index contributed by atoms with van der Waals surface area (Å²) in [4.78, 5) is 0. The van der Waals surface area contributed by atoms with Gasteiger partial charge in [-0.3, -0.25) is 0 Å². The molecular formula is C18H14ClF3N4O. The highest BCUT2D eigenvalue weighted by Crippen LogP contribution is 2.32. The van der Waals surface area contributed by atoms with E-state index in [0.717, 1.165) is 5.39 Å². The van der Waals surface area contributed by atoms with Crippen LogP contribution in [0.4, 0.5) is 13.2 Å². The van der Waals surface area contributed by atoms with Crippen LogP contribution in [0.25, 0.3) is 27.7 Å². The molecule has 0 fully saturated rings. The molecule has 27 heavy (non-hydrogen) atoms. The molecule has 9 heteroatoms. The van der Waals surface area contributed by atoms with Gasteiger partial charge in [0.05, 0.1) is 5.52 Å². The minimum absolute atomic E-state index is 0.313. The van der Waals surface area contributed by atoms with Gasteiger partial charge in [0.15, 0.2) is 5.65 Å². The molecule has 0 saturated carbocycles. The van der Waals surface area contributed by atoms with E-state index in [4.69, 9.17) is 11.6 Å². The van der Waals surface area contributed by atoms with Crippen LogP contribution in [0.5, 0.6) is 5.75 Å². The molecule has 5 nitrogen and oxygen atoms in total. The van der Waals surface area contributed by atoms with Gasteiger partial charge in [-0.1, -0.05) is 43.6 Å². The van der Waals surface area contributed by atoms with Gasteiger partial charge in [0.25, 0.3) is 0 Å². The number of halogens is 4. The Labute approximate surface area is 157 Å². The highest BCUT2D eigenvalue weighted by atomic mass is 35.5. The van der Waals surface area contributed by atoms with E-state index in [0.29, 0.717) is 27.3 Å². The minimum atomic E-state index is -4.76. The summed E-state index contributed by atoms with van der Waals surface area (Å²) in [5.41, 5.74) is 2.17. The van der Waals surface area contributed by atoms with E-state index in [1.165, 1.54) is 22.7 Å². The Morgan fingerprint density at radius 1 is 1.04 bits per heavy atom. The lowest BCUT2D eigenvalue weighted by molar-refractivity contribution is -0.274. The summed E-state index contributed by atoms with van der Waals surface area (Å²) in [6.45, 7) is 4.00. The molecule has 2 aromatic carbocycles. The zero-order chi connectivity index (χ0) is 19.6. The molecule has 2 aromatic heterocycles. The first kappa shape index (κ1) is 18.9. The second-order valence-corrected chi connectivity index (χ2v) is 5.69. The molecular weight excluding hydrogens is 381 g/mol. The van der Waals surface area contributed by atoms with Crippen molar-refractivity contribution in [2.45, 2.75) is 20.2 Å². The van der Waals surface area contributed by atoms with Crippen LogP contribution in [-0.4, -0.2) is 26.4 Å². The van der Waals surface area contributed by atoms with Crippen LogP contribution in [0.3, 0.4) is 0 Å². The second-order valence-electron chi connectivity index (χ2n) is 5.25. The van der Waals surface area contributed by atoms with E-state index in [1.807, 2.05) is 13.8 Å². The zero-order valence-electron chi connectivity index (χ0n) is 14.3. The average molecular weight is 395 g/mol. The molecule has 4 aromatic rings. The van der Waals surface area contributed by atoms with Gasteiger partial charge in [-0.25, -0.2) is 0 Å². The molecule has 0 aliphatic rings. The number of alkyl halides is 3. The van der Waals surface area contributed by atoms with Gasteiger partial charge < -0.3 is 4.74 Å². The van der Waals surface area contributed by atoms with Crippen LogP contribution in [0.2, 0.25) is 5.02 Å². The fourth-order valence-electron chi connectivity index (χ4n) is 2.63. The predicted octanol–water partition coefficient (Wildman–Crippen LogP) is 5.52. The lowest BCUT2D eigenvalue weighted by atomic mass is 10.0. The zero-order valence-corrected chi connectivity index (χ0v) is 15.1. The maximum atomic E-state index is 12.5. The van der Waals surface area contributed by atoms with Crippen molar-refractivity contribution in [2.75, 3.05) is 0 Å². The van der Waals surface area contributed by atoms with Gasteiger partial charge in [0.1, 0.15) is 5.75 Å². The third kappa shape index (κ3) is 3.95. The van der Waals surface area contributed by atoms with Crippen molar-refractivity contribution >= 4 is 28.2 Å². The molecule has 140 valence electrons. The molecule has 0 atom stereocenters. The van der Waals surface area contributed by atoms with E-state index in [1.54, 1.807) is 30.3 Å². The van der Waals surface area contributed by atoms with Crippen molar-refractivity contribution in [2.24, 2.45) is 0 Å². The van der Waals surface area contributed by atoms with Crippen molar-refractivity contribution < 1.29 is 17.9 Å². The maximum Gasteiger partial charge on any atom is 0.573 e. The molecule has 0 bridgehead atoms. The molecule has 0 aliphatic heterocycles. The summed E-state index contributed by atoms with van der Waals surface area (Å²) >= 11 is 6.02. The monoisotopic (exact) mass is 394 g/mol. The van der Waals surface area contributed by atoms with E-state index in [2.05, 4.69) is 20.3 Å². The van der Waals surface area contributed by atoms with Crippen LogP contribution in [0.1, 0.15) is 13.8 Å². The summed E-state index contributed by atoms with van der Waals surface area (Å²) in [6.07, 6.45) is -4.76. The molecule has 0 saturated heterocycles. The van der Waals surface area contributed by atoms with Crippen LogP contribution in [-0.2, 0) is 0 Å². The first-order chi connectivity index (χ1) is 12.9. The molecule has 0 spiro atoms. The lowest BCUT2D eigenvalue weighted by Crippen LogP contribution is -2.17. The summed E-state index contributed by atoms with van der Waals surface area (Å²) in [6, 6.07) is 12.7. The van der Waals surface area contributed by atoms with Crippen LogP contribution < -0.4 is 4.74 Å². The highest BCUT2D eigenvalue weighted by Gasteiger charge is 2.31. The number of tetrazole rings is 1. The third-order valence-corrected chi connectivity index (χ3v) is 3.84. The molecule has 2 heterocycles. The lowest BCUT2D eigenvalue weighted by Gasteiger charge is -2.11. The fraction of sp³-hybridized carbons (Fsp3) is 0.167. The largest absolute Gasteiger partial charge is 0.573 e. The average Bonchev–Trinajstić information content (AvgIpc) is 3.12. The summed E-state index contributed by atoms with van der Waals surface area (Å²) in [7, 11) is 0. The summed E-state index contributed by atoms with van der Waals surface area (Å²) in [5, 5.41) is 12.9. The Morgan fingerprint density at radius 3 is 2.56 bits per heavy atom. The Hall–Kier alpha value is -2.87. The number of fused-ring (bicyclic) bond motifs is 3. The van der Waals surface area contributed by atoms with Gasteiger partial charge in [0, 0.05) is 16.0 Å². The number of hydrogen-bond donors (Lipinski definition) is 0. The highest BCUT2D eigenvalue weighted by molar-refractivity contribution is 6.31. The number of benzene rings is 2. The smallest absolute Gasteiger partial charge is 0.406 e. The van der Waals surface area contributed by atoms with Crippen molar-refractivity contribution in [3.8, 4) is 16.9 Å². The van der Waals surface area contributed by atoms with Gasteiger partial charge in [-0.2, -0.15) is 4.52 Å². The maximum absolute atomic E-state index is 12.5. The Bertz CT molecular complexity index is 1100. The molecule has 0 radical (unpaired) electrons. The van der Waals surface area contributed by atoms with Crippen molar-refractivity contribution in [1.29, 1.82) is 0 Å². The molecule has 0 N–H and O–H groups in total. The van der Waals surface area contributed by atoms with Crippen molar-refractivity contribution in [1.82, 2.24) is 20.0 Å². The Balaban J connectivity index is 0.00000102. The molecule has 4 rings (SSSR count). The molecule has 0 amide bonds. The number of nitrogens with zero attached hydrogens (tertiary/aromatic N) is 4. The second kappa shape index (κ2) is 7.40. The number of hydrogen-bond acceptors (Lipinski definition) is 4. The topological polar surface area (TPSA) is 52.3 Å². The van der Waals surface area contributed by atoms with E-state index < -0.39 is 6.36 Å². The number of ether oxygens (including phenoxy) is 1. The Kier molecular flexibility index (Phi) is 5.18. The van der Waals surface area contributed by atoms with Gasteiger partial charge in [0.2, 0.25) is 0 Å². The van der Waals surface area contributed by atoms with Gasteiger partial charge in [-0.15, -0.1) is 18.3 Å². The SMILES string of the molecule is CC.FC(F)(F)Oc1cccc(-c2cc3ccc(Cl)cc3n3nnnc23)c1. The fourth-order valence-corrected chi connectivity index (χ4v) is 2.80. The minimum Gasteiger partial charge on any atom is -0.406 e. The van der Waals surface area contributed by atoms with E-state index in [9.17, 15) is 13.2 Å². The summed E-state index contributed by atoms with van der Waals surface area (Å²) in [5.74, 6) is -0.313. The predicted molar refractivity (Wildman–Crippen MR) is 96.8 cm³/mol. The first-order valence-electron chi connectivity index (χ1n) is 8.07. The van der Waals surface area contributed by atoms with Gasteiger partial charge in [-0.05, 0) is 46.3 Å². The molecule has 0 unspecified atom stereocenters.